The predicted octanol–water partition coefficient (Wildman–Crippen LogP) is 2.42. The molecule has 2 amide bonds. The largest absolute Gasteiger partial charge is 0.332 e. The standard InChI is InChI=1S/C20H21Cl2N3O2/c1-14(26)24-7-9-25(10-8-24)19(15-5-3-2-4-6-15)20(27)23-18-12-16(21)11-17(22)13-18/h2-6,11-13,19H,7-10H2,1H3,(H,23,27)/p+1/t19-/m1/s1. The van der Waals surface area contributed by atoms with E-state index < -0.39 is 0 Å². The summed E-state index contributed by atoms with van der Waals surface area (Å²) in [6, 6.07) is 14.3. The molecule has 0 radical (unpaired) electrons. The maximum atomic E-state index is 13.2. The van der Waals surface area contributed by atoms with E-state index in [4.69, 9.17) is 23.2 Å². The number of hydrogen-bond donors (Lipinski definition) is 2. The molecule has 1 heterocycles. The number of halogens is 2. The molecule has 0 aliphatic carbocycles. The Labute approximate surface area is 168 Å². The molecule has 2 aromatic carbocycles. The van der Waals surface area contributed by atoms with Crippen molar-refractivity contribution in [1.82, 2.24) is 4.90 Å². The number of amides is 2. The minimum absolute atomic E-state index is 0.0725. The Hall–Kier alpha value is -2.08. The molecule has 0 bridgehead atoms. The first-order chi connectivity index (χ1) is 12.9. The van der Waals surface area contributed by atoms with Crippen molar-refractivity contribution < 1.29 is 14.5 Å². The van der Waals surface area contributed by atoms with Crippen molar-refractivity contribution in [2.75, 3.05) is 31.5 Å². The van der Waals surface area contributed by atoms with Crippen LogP contribution in [0.25, 0.3) is 0 Å². The summed E-state index contributed by atoms with van der Waals surface area (Å²) in [5, 5.41) is 3.88. The lowest BCUT2D eigenvalue weighted by atomic mass is 10.0. The number of carbonyl (C=O) groups is 2. The van der Waals surface area contributed by atoms with Crippen LogP contribution in [0.3, 0.4) is 0 Å². The van der Waals surface area contributed by atoms with E-state index >= 15 is 0 Å². The highest BCUT2D eigenvalue weighted by Crippen LogP contribution is 2.23. The van der Waals surface area contributed by atoms with Gasteiger partial charge in [-0.15, -0.1) is 0 Å². The summed E-state index contributed by atoms with van der Waals surface area (Å²) < 4.78 is 0. The summed E-state index contributed by atoms with van der Waals surface area (Å²) in [6.07, 6.45) is 0. The first kappa shape index (κ1) is 19.7. The van der Waals surface area contributed by atoms with E-state index in [-0.39, 0.29) is 17.9 Å². The second kappa shape index (κ2) is 8.74. The SMILES string of the molecule is CC(=O)N1CC[NH+]([C@@H](C(=O)Nc2cc(Cl)cc(Cl)c2)c2ccccc2)CC1. The van der Waals surface area contributed by atoms with Crippen LogP contribution in [0.5, 0.6) is 0 Å². The molecule has 1 aliphatic heterocycles. The number of hydrogen-bond acceptors (Lipinski definition) is 2. The third kappa shape index (κ3) is 5.01. The fourth-order valence-electron chi connectivity index (χ4n) is 3.46. The highest BCUT2D eigenvalue weighted by molar-refractivity contribution is 6.35. The van der Waals surface area contributed by atoms with Gasteiger partial charge in [0.15, 0.2) is 6.04 Å². The summed E-state index contributed by atoms with van der Waals surface area (Å²) in [7, 11) is 0. The number of piperazine rings is 1. The lowest BCUT2D eigenvalue weighted by molar-refractivity contribution is -0.925. The molecule has 0 aromatic heterocycles. The molecule has 1 saturated heterocycles. The Morgan fingerprint density at radius 1 is 1.04 bits per heavy atom. The van der Waals surface area contributed by atoms with Gasteiger partial charge in [0, 0.05) is 28.2 Å². The second-order valence-electron chi connectivity index (χ2n) is 6.66. The summed E-state index contributed by atoms with van der Waals surface area (Å²) in [5.41, 5.74) is 1.51. The molecule has 7 heteroatoms. The maximum absolute atomic E-state index is 13.2. The van der Waals surface area contributed by atoms with Crippen LogP contribution in [0.4, 0.5) is 5.69 Å². The summed E-state index contributed by atoms with van der Waals surface area (Å²) >= 11 is 12.1. The Morgan fingerprint density at radius 2 is 1.63 bits per heavy atom. The molecular formula is C20H22Cl2N3O2+. The average molecular weight is 407 g/mol. The zero-order valence-electron chi connectivity index (χ0n) is 15.0. The Morgan fingerprint density at radius 3 is 2.19 bits per heavy atom. The molecule has 1 atom stereocenters. The fourth-order valence-corrected chi connectivity index (χ4v) is 3.98. The predicted molar refractivity (Wildman–Crippen MR) is 107 cm³/mol. The molecule has 1 aliphatic rings. The van der Waals surface area contributed by atoms with E-state index in [9.17, 15) is 9.59 Å². The molecular weight excluding hydrogens is 385 g/mol. The summed E-state index contributed by atoms with van der Waals surface area (Å²) in [4.78, 5) is 27.7. The number of carbonyl (C=O) groups excluding carboxylic acids is 2. The molecule has 1 fully saturated rings. The third-order valence-corrected chi connectivity index (χ3v) is 5.22. The normalized spacial score (nSPS) is 16.0. The van der Waals surface area contributed by atoms with Crippen LogP contribution < -0.4 is 10.2 Å². The van der Waals surface area contributed by atoms with Crippen molar-refractivity contribution in [3.8, 4) is 0 Å². The Bertz CT molecular complexity index is 801. The molecule has 5 nitrogen and oxygen atoms in total. The van der Waals surface area contributed by atoms with Crippen molar-refractivity contribution in [2.45, 2.75) is 13.0 Å². The third-order valence-electron chi connectivity index (χ3n) is 4.78. The Balaban J connectivity index is 1.82. The molecule has 2 N–H and O–H groups in total. The molecule has 27 heavy (non-hydrogen) atoms. The van der Waals surface area contributed by atoms with Crippen molar-refractivity contribution in [2.24, 2.45) is 0 Å². The lowest BCUT2D eigenvalue weighted by Crippen LogP contribution is -3.16. The zero-order valence-corrected chi connectivity index (χ0v) is 16.6. The average Bonchev–Trinajstić information content (AvgIpc) is 2.62. The van der Waals surface area contributed by atoms with Gasteiger partial charge in [0.2, 0.25) is 5.91 Å². The maximum Gasteiger partial charge on any atom is 0.287 e. The number of nitrogens with zero attached hydrogens (tertiary/aromatic N) is 1. The topological polar surface area (TPSA) is 53.9 Å². The number of nitrogens with one attached hydrogen (secondary N) is 2. The van der Waals surface area contributed by atoms with Crippen LogP contribution in [0.15, 0.2) is 48.5 Å². The highest BCUT2D eigenvalue weighted by atomic mass is 35.5. The van der Waals surface area contributed by atoms with Crippen molar-refractivity contribution in [1.29, 1.82) is 0 Å². The number of rotatable bonds is 4. The zero-order chi connectivity index (χ0) is 19.4. The van der Waals surface area contributed by atoms with Crippen LogP contribution >= 0.6 is 23.2 Å². The van der Waals surface area contributed by atoms with Crippen LogP contribution in [0, 0.1) is 0 Å². The number of benzene rings is 2. The van der Waals surface area contributed by atoms with Gasteiger partial charge >= 0.3 is 0 Å². The van der Waals surface area contributed by atoms with Crippen LogP contribution in [0.2, 0.25) is 10.0 Å². The lowest BCUT2D eigenvalue weighted by Gasteiger charge is -2.35. The van der Waals surface area contributed by atoms with Gasteiger partial charge in [-0.1, -0.05) is 53.5 Å². The van der Waals surface area contributed by atoms with E-state index in [1.54, 1.807) is 25.1 Å². The highest BCUT2D eigenvalue weighted by Gasteiger charge is 2.34. The van der Waals surface area contributed by atoms with Gasteiger partial charge in [-0.05, 0) is 18.2 Å². The van der Waals surface area contributed by atoms with E-state index in [1.807, 2.05) is 35.2 Å². The van der Waals surface area contributed by atoms with Crippen LogP contribution in [-0.2, 0) is 9.59 Å². The smallest absolute Gasteiger partial charge is 0.287 e. The van der Waals surface area contributed by atoms with Crippen LogP contribution in [0.1, 0.15) is 18.5 Å². The monoisotopic (exact) mass is 406 g/mol. The van der Waals surface area contributed by atoms with Crippen molar-refractivity contribution in [3.63, 3.8) is 0 Å². The number of anilines is 1. The quantitative estimate of drug-likeness (QED) is 0.818. The van der Waals surface area contributed by atoms with Gasteiger partial charge in [0.05, 0.1) is 26.2 Å². The van der Waals surface area contributed by atoms with Gasteiger partial charge in [-0.2, -0.15) is 0 Å². The van der Waals surface area contributed by atoms with Gasteiger partial charge in [-0.3, -0.25) is 9.59 Å². The molecule has 2 aromatic rings. The van der Waals surface area contributed by atoms with E-state index in [2.05, 4.69) is 5.32 Å². The van der Waals surface area contributed by atoms with Crippen molar-refractivity contribution >= 4 is 40.7 Å². The first-order valence-electron chi connectivity index (χ1n) is 8.86. The fraction of sp³-hybridized carbons (Fsp3) is 0.300. The molecule has 0 spiro atoms. The minimum atomic E-state index is -0.377. The molecule has 0 unspecified atom stereocenters. The van der Waals surface area contributed by atoms with Gasteiger partial charge in [0.25, 0.3) is 5.91 Å². The minimum Gasteiger partial charge on any atom is -0.332 e. The molecule has 3 rings (SSSR count). The van der Waals surface area contributed by atoms with Gasteiger partial charge in [0.1, 0.15) is 0 Å². The van der Waals surface area contributed by atoms with Gasteiger partial charge < -0.3 is 15.1 Å². The number of quaternary nitrogens is 1. The molecule has 0 saturated carbocycles. The Kier molecular flexibility index (Phi) is 6.37. The first-order valence-corrected chi connectivity index (χ1v) is 9.61. The van der Waals surface area contributed by atoms with Crippen molar-refractivity contribution in [3.05, 3.63) is 64.1 Å². The summed E-state index contributed by atoms with van der Waals surface area (Å²) in [5.74, 6) is -0.0471. The van der Waals surface area contributed by atoms with E-state index in [0.29, 0.717) is 41.9 Å². The van der Waals surface area contributed by atoms with E-state index in [1.165, 1.54) is 0 Å². The van der Waals surface area contributed by atoms with Gasteiger partial charge in [-0.25, -0.2) is 0 Å². The summed E-state index contributed by atoms with van der Waals surface area (Å²) in [6.45, 7) is 4.29. The second-order valence-corrected chi connectivity index (χ2v) is 7.53. The molecule has 142 valence electrons. The van der Waals surface area contributed by atoms with Crippen LogP contribution in [-0.4, -0.2) is 42.9 Å². The van der Waals surface area contributed by atoms with E-state index in [0.717, 1.165) is 10.5 Å².